The monoisotopic (exact) mass is 432 g/mol. The van der Waals surface area contributed by atoms with E-state index in [1.165, 1.54) is 25.3 Å². The Morgan fingerprint density at radius 3 is 2.53 bits per heavy atom. The lowest BCUT2D eigenvalue weighted by Crippen LogP contribution is -2.49. The Labute approximate surface area is 183 Å². The molecule has 6 nitrogen and oxygen atoms in total. The number of anilines is 1. The van der Waals surface area contributed by atoms with Gasteiger partial charge in [-0.15, -0.1) is 0 Å². The number of piperazine rings is 1. The SMILES string of the molecule is COc1cc(C(C)=O)ccc1OC[C@@H](O)CN1CCN(c2cc(Cl)ccc2C)CC1. The third kappa shape index (κ3) is 5.65. The summed E-state index contributed by atoms with van der Waals surface area (Å²) in [5, 5.41) is 11.2. The van der Waals surface area contributed by atoms with Crippen LogP contribution in [0.3, 0.4) is 0 Å². The van der Waals surface area contributed by atoms with Crippen molar-refractivity contribution in [3.8, 4) is 11.5 Å². The molecule has 1 aliphatic rings. The average molecular weight is 433 g/mol. The number of Topliss-reactive ketones (excluding diaryl/α,β-unsaturated/α-hetero) is 1. The fraction of sp³-hybridized carbons (Fsp3) is 0.435. The summed E-state index contributed by atoms with van der Waals surface area (Å²) >= 11 is 6.15. The highest BCUT2D eigenvalue weighted by molar-refractivity contribution is 6.30. The third-order valence-electron chi connectivity index (χ3n) is 5.35. The molecule has 0 aliphatic carbocycles. The second kappa shape index (κ2) is 10.2. The summed E-state index contributed by atoms with van der Waals surface area (Å²) in [6, 6.07) is 11.0. The van der Waals surface area contributed by atoms with Crippen LogP contribution in [0.25, 0.3) is 0 Å². The summed E-state index contributed by atoms with van der Waals surface area (Å²) in [5.41, 5.74) is 2.95. The van der Waals surface area contributed by atoms with Crippen LogP contribution in [0.5, 0.6) is 11.5 Å². The molecule has 0 bridgehead atoms. The van der Waals surface area contributed by atoms with E-state index >= 15 is 0 Å². The molecule has 0 unspecified atom stereocenters. The topological polar surface area (TPSA) is 62.2 Å². The molecule has 0 aromatic heterocycles. The Hall–Kier alpha value is -2.28. The second-order valence-corrected chi connectivity index (χ2v) is 8.04. The predicted octanol–water partition coefficient (Wildman–Crippen LogP) is 3.42. The first kappa shape index (κ1) is 22.4. The number of rotatable bonds is 8. The highest BCUT2D eigenvalue weighted by Crippen LogP contribution is 2.28. The van der Waals surface area contributed by atoms with E-state index in [0.29, 0.717) is 23.6 Å². The molecule has 0 spiro atoms. The Morgan fingerprint density at radius 2 is 1.87 bits per heavy atom. The van der Waals surface area contributed by atoms with Crippen molar-refractivity contribution in [3.63, 3.8) is 0 Å². The molecule has 0 saturated carbocycles. The number of benzene rings is 2. The van der Waals surface area contributed by atoms with E-state index in [-0.39, 0.29) is 12.4 Å². The zero-order valence-corrected chi connectivity index (χ0v) is 18.5. The van der Waals surface area contributed by atoms with Crippen LogP contribution in [0.2, 0.25) is 5.02 Å². The molecule has 1 fully saturated rings. The number of aliphatic hydroxyl groups is 1. The molecular formula is C23H29ClN2O4. The Balaban J connectivity index is 1.49. The Bertz CT molecular complexity index is 882. The van der Waals surface area contributed by atoms with E-state index < -0.39 is 6.10 Å². The highest BCUT2D eigenvalue weighted by atomic mass is 35.5. The van der Waals surface area contributed by atoms with Gasteiger partial charge < -0.3 is 19.5 Å². The van der Waals surface area contributed by atoms with Gasteiger partial charge in [-0.3, -0.25) is 9.69 Å². The van der Waals surface area contributed by atoms with Gasteiger partial charge in [-0.05, 0) is 49.7 Å². The lowest BCUT2D eigenvalue weighted by Gasteiger charge is -2.37. The lowest BCUT2D eigenvalue weighted by atomic mass is 10.1. The molecule has 1 N–H and O–H groups in total. The number of hydrogen-bond donors (Lipinski definition) is 1. The first-order valence-electron chi connectivity index (χ1n) is 10.1. The van der Waals surface area contributed by atoms with Gasteiger partial charge in [0.15, 0.2) is 17.3 Å². The fourth-order valence-corrected chi connectivity index (χ4v) is 3.80. The molecule has 2 aromatic carbocycles. The number of halogens is 1. The van der Waals surface area contributed by atoms with Gasteiger partial charge in [0.2, 0.25) is 0 Å². The van der Waals surface area contributed by atoms with E-state index in [1.807, 2.05) is 18.2 Å². The maximum absolute atomic E-state index is 11.5. The molecule has 1 aliphatic heterocycles. The second-order valence-electron chi connectivity index (χ2n) is 7.61. The molecule has 2 aromatic rings. The Kier molecular flexibility index (Phi) is 7.58. The van der Waals surface area contributed by atoms with Crippen molar-refractivity contribution in [2.45, 2.75) is 20.0 Å². The van der Waals surface area contributed by atoms with Crippen molar-refractivity contribution < 1.29 is 19.4 Å². The maximum Gasteiger partial charge on any atom is 0.161 e. The van der Waals surface area contributed by atoms with E-state index in [1.54, 1.807) is 18.2 Å². The summed E-state index contributed by atoms with van der Waals surface area (Å²) in [6.07, 6.45) is -0.623. The normalized spacial score (nSPS) is 15.7. The summed E-state index contributed by atoms with van der Waals surface area (Å²) in [7, 11) is 1.53. The number of aliphatic hydroxyl groups excluding tert-OH is 1. The molecule has 7 heteroatoms. The number of carbonyl (C=O) groups excluding carboxylic acids is 1. The largest absolute Gasteiger partial charge is 0.493 e. The number of aryl methyl sites for hydroxylation is 1. The Morgan fingerprint density at radius 1 is 1.13 bits per heavy atom. The van der Waals surface area contributed by atoms with Crippen LogP contribution < -0.4 is 14.4 Å². The van der Waals surface area contributed by atoms with Crippen LogP contribution in [0.1, 0.15) is 22.8 Å². The van der Waals surface area contributed by atoms with Gasteiger partial charge in [0, 0.05) is 49.0 Å². The number of nitrogens with zero attached hydrogens (tertiary/aromatic N) is 2. The molecule has 3 rings (SSSR count). The molecule has 1 saturated heterocycles. The van der Waals surface area contributed by atoms with Crippen molar-refractivity contribution >= 4 is 23.1 Å². The average Bonchev–Trinajstić information content (AvgIpc) is 2.74. The third-order valence-corrected chi connectivity index (χ3v) is 5.59. The molecule has 0 radical (unpaired) electrons. The maximum atomic E-state index is 11.5. The van der Waals surface area contributed by atoms with Crippen LogP contribution in [-0.2, 0) is 0 Å². The molecule has 0 amide bonds. The lowest BCUT2D eigenvalue weighted by molar-refractivity contribution is 0.0653. The van der Waals surface area contributed by atoms with Gasteiger partial charge in [0.25, 0.3) is 0 Å². The number of ketones is 1. The van der Waals surface area contributed by atoms with Crippen LogP contribution in [0.15, 0.2) is 36.4 Å². The van der Waals surface area contributed by atoms with Gasteiger partial charge in [-0.2, -0.15) is 0 Å². The van der Waals surface area contributed by atoms with Crippen LogP contribution in [0, 0.1) is 6.92 Å². The number of methoxy groups -OCH3 is 1. The van der Waals surface area contributed by atoms with Gasteiger partial charge in [-0.25, -0.2) is 0 Å². The summed E-state index contributed by atoms with van der Waals surface area (Å²) < 4.78 is 11.1. The zero-order chi connectivity index (χ0) is 21.7. The van der Waals surface area contributed by atoms with Crippen molar-refractivity contribution in [1.29, 1.82) is 0 Å². The van der Waals surface area contributed by atoms with Crippen molar-refractivity contribution in [2.75, 3.05) is 51.3 Å². The molecule has 1 heterocycles. The first-order valence-corrected chi connectivity index (χ1v) is 10.5. The smallest absolute Gasteiger partial charge is 0.161 e. The van der Waals surface area contributed by atoms with Gasteiger partial charge in [0.1, 0.15) is 12.7 Å². The minimum absolute atomic E-state index is 0.0352. The van der Waals surface area contributed by atoms with E-state index in [4.69, 9.17) is 21.1 Å². The van der Waals surface area contributed by atoms with Gasteiger partial charge in [-0.1, -0.05) is 17.7 Å². The number of β-amino-alcohol motifs (C(OH)–C–C–N with tert-alkyl or cyclic N) is 1. The number of hydrogen-bond acceptors (Lipinski definition) is 6. The van der Waals surface area contributed by atoms with Crippen molar-refractivity contribution in [1.82, 2.24) is 4.90 Å². The predicted molar refractivity (Wildman–Crippen MR) is 119 cm³/mol. The molecule has 162 valence electrons. The first-order chi connectivity index (χ1) is 14.4. The summed E-state index contributed by atoms with van der Waals surface area (Å²) in [5.74, 6) is 0.968. The summed E-state index contributed by atoms with van der Waals surface area (Å²) in [6.45, 7) is 7.78. The van der Waals surface area contributed by atoms with Crippen LogP contribution >= 0.6 is 11.6 Å². The molecule has 1 atom stereocenters. The van der Waals surface area contributed by atoms with E-state index in [2.05, 4.69) is 16.7 Å². The van der Waals surface area contributed by atoms with Crippen LogP contribution in [0.4, 0.5) is 5.69 Å². The summed E-state index contributed by atoms with van der Waals surface area (Å²) in [4.78, 5) is 16.1. The molecular weight excluding hydrogens is 404 g/mol. The van der Waals surface area contributed by atoms with Crippen molar-refractivity contribution in [2.24, 2.45) is 0 Å². The van der Waals surface area contributed by atoms with Crippen molar-refractivity contribution in [3.05, 3.63) is 52.5 Å². The van der Waals surface area contributed by atoms with Crippen LogP contribution in [-0.4, -0.2) is 68.3 Å². The highest BCUT2D eigenvalue weighted by Gasteiger charge is 2.21. The number of carbonyl (C=O) groups is 1. The molecule has 30 heavy (non-hydrogen) atoms. The quantitative estimate of drug-likeness (QED) is 0.645. The standard InChI is InChI=1S/C23H29ClN2O4/c1-16-4-6-19(24)13-21(16)26-10-8-25(9-11-26)14-20(28)15-30-22-7-5-18(17(2)27)12-23(22)29-3/h4-7,12-13,20,28H,8-11,14-15H2,1-3H3/t20-/m0/s1. The minimum Gasteiger partial charge on any atom is -0.493 e. The van der Waals surface area contributed by atoms with E-state index in [0.717, 1.165) is 31.2 Å². The fourth-order valence-electron chi connectivity index (χ4n) is 3.64. The van der Waals surface area contributed by atoms with Gasteiger partial charge >= 0.3 is 0 Å². The van der Waals surface area contributed by atoms with E-state index in [9.17, 15) is 9.90 Å². The zero-order valence-electron chi connectivity index (χ0n) is 17.7. The minimum atomic E-state index is -0.623. The number of ether oxygens (including phenoxy) is 2. The van der Waals surface area contributed by atoms with Gasteiger partial charge in [0.05, 0.1) is 7.11 Å².